The molecule has 0 aromatic heterocycles. The van der Waals surface area contributed by atoms with Crippen molar-refractivity contribution in [2.45, 2.75) is 44.6 Å². The second-order valence-corrected chi connectivity index (χ2v) is 6.59. The van der Waals surface area contributed by atoms with E-state index in [1.807, 2.05) is 0 Å². The summed E-state index contributed by atoms with van der Waals surface area (Å²) in [4.78, 5) is 12.0. The van der Waals surface area contributed by atoms with Crippen molar-refractivity contribution in [3.05, 3.63) is 35.9 Å². The first-order chi connectivity index (χ1) is 10.3. The first kappa shape index (κ1) is 14.6. The van der Waals surface area contributed by atoms with Gasteiger partial charge < -0.3 is 10.6 Å². The highest BCUT2D eigenvalue weighted by Crippen LogP contribution is 2.33. The van der Waals surface area contributed by atoms with Crippen LogP contribution in [0.25, 0.3) is 0 Å². The number of piperidine rings is 1. The Morgan fingerprint density at radius 2 is 1.95 bits per heavy atom. The van der Waals surface area contributed by atoms with Crippen LogP contribution in [0.15, 0.2) is 30.3 Å². The van der Waals surface area contributed by atoms with Gasteiger partial charge in [-0.25, -0.2) is 0 Å². The molecule has 2 atom stereocenters. The Kier molecular flexibility index (Phi) is 4.91. The number of rotatable bonds is 6. The van der Waals surface area contributed by atoms with Crippen LogP contribution in [0.1, 0.15) is 37.7 Å². The second kappa shape index (κ2) is 7.08. The van der Waals surface area contributed by atoms with Crippen molar-refractivity contribution in [1.29, 1.82) is 0 Å². The summed E-state index contributed by atoms with van der Waals surface area (Å²) in [5.41, 5.74) is 1.38. The molecule has 114 valence electrons. The van der Waals surface area contributed by atoms with Gasteiger partial charge in [0.15, 0.2) is 0 Å². The lowest BCUT2D eigenvalue weighted by Gasteiger charge is -2.22. The highest BCUT2D eigenvalue weighted by atomic mass is 16.1. The number of carbonyl (C=O) groups excluding carboxylic acids is 1. The smallest absolute Gasteiger partial charge is 0.220 e. The van der Waals surface area contributed by atoms with Crippen LogP contribution in [-0.2, 0) is 11.2 Å². The Bertz CT molecular complexity index is 454. The molecule has 2 unspecified atom stereocenters. The standard InChI is InChI=1S/C18H26N2O/c21-18(7-6-14-8-10-19-11-9-14)20-17-13-16(17)12-15-4-2-1-3-5-15/h1-5,14,16-17,19H,6-13H2,(H,20,21). The lowest BCUT2D eigenvalue weighted by atomic mass is 9.93. The molecular formula is C18H26N2O. The van der Waals surface area contributed by atoms with Crippen LogP contribution in [0, 0.1) is 11.8 Å². The van der Waals surface area contributed by atoms with Crippen LogP contribution in [0.2, 0.25) is 0 Å². The second-order valence-electron chi connectivity index (χ2n) is 6.59. The lowest BCUT2D eigenvalue weighted by Crippen LogP contribution is -2.30. The van der Waals surface area contributed by atoms with Gasteiger partial charge >= 0.3 is 0 Å². The summed E-state index contributed by atoms with van der Waals surface area (Å²) in [6.45, 7) is 2.24. The summed E-state index contributed by atoms with van der Waals surface area (Å²) in [6.07, 6.45) is 6.47. The molecule has 0 bridgehead atoms. The van der Waals surface area contributed by atoms with Crippen LogP contribution in [0.3, 0.4) is 0 Å². The molecule has 1 heterocycles. The Hall–Kier alpha value is -1.35. The van der Waals surface area contributed by atoms with Gasteiger partial charge in [0.05, 0.1) is 0 Å². The summed E-state index contributed by atoms with van der Waals surface area (Å²) in [5.74, 6) is 1.65. The van der Waals surface area contributed by atoms with Crippen LogP contribution >= 0.6 is 0 Å². The van der Waals surface area contributed by atoms with Gasteiger partial charge in [0.2, 0.25) is 5.91 Å². The molecule has 1 aliphatic heterocycles. The zero-order chi connectivity index (χ0) is 14.5. The van der Waals surface area contributed by atoms with E-state index in [9.17, 15) is 4.79 Å². The summed E-state index contributed by atoms with van der Waals surface area (Å²) in [5, 5.41) is 6.58. The third-order valence-corrected chi connectivity index (χ3v) is 4.85. The summed E-state index contributed by atoms with van der Waals surface area (Å²) >= 11 is 0. The van der Waals surface area contributed by atoms with Crippen molar-refractivity contribution < 1.29 is 4.79 Å². The highest BCUT2D eigenvalue weighted by Gasteiger charge is 2.37. The van der Waals surface area contributed by atoms with Crippen LogP contribution < -0.4 is 10.6 Å². The van der Waals surface area contributed by atoms with E-state index in [1.54, 1.807) is 0 Å². The number of amides is 1. The molecule has 3 nitrogen and oxygen atoms in total. The van der Waals surface area contributed by atoms with E-state index >= 15 is 0 Å². The Morgan fingerprint density at radius 1 is 1.19 bits per heavy atom. The number of hydrogen-bond donors (Lipinski definition) is 2. The van der Waals surface area contributed by atoms with Gasteiger partial charge in [0.25, 0.3) is 0 Å². The number of nitrogens with one attached hydrogen (secondary N) is 2. The third-order valence-electron chi connectivity index (χ3n) is 4.85. The molecular weight excluding hydrogens is 260 g/mol. The van der Waals surface area contributed by atoms with Crippen molar-refractivity contribution in [1.82, 2.24) is 10.6 Å². The van der Waals surface area contributed by atoms with Gasteiger partial charge in [-0.2, -0.15) is 0 Å². The molecule has 0 spiro atoms. The maximum atomic E-state index is 12.0. The summed E-state index contributed by atoms with van der Waals surface area (Å²) in [7, 11) is 0. The van der Waals surface area contributed by atoms with E-state index in [-0.39, 0.29) is 5.91 Å². The minimum atomic E-state index is 0.258. The molecule has 1 saturated carbocycles. The maximum absolute atomic E-state index is 12.0. The van der Waals surface area contributed by atoms with Gasteiger partial charge in [-0.15, -0.1) is 0 Å². The molecule has 2 aliphatic rings. The molecule has 1 amide bonds. The number of hydrogen-bond acceptors (Lipinski definition) is 2. The largest absolute Gasteiger partial charge is 0.353 e. The van der Waals surface area contributed by atoms with Crippen LogP contribution in [0.5, 0.6) is 0 Å². The van der Waals surface area contributed by atoms with E-state index < -0.39 is 0 Å². The first-order valence-corrected chi connectivity index (χ1v) is 8.35. The fraction of sp³-hybridized carbons (Fsp3) is 0.611. The first-order valence-electron chi connectivity index (χ1n) is 8.35. The van der Waals surface area contributed by atoms with E-state index in [0.29, 0.717) is 18.4 Å². The molecule has 1 aromatic carbocycles. The van der Waals surface area contributed by atoms with Gasteiger partial charge in [0.1, 0.15) is 0 Å². The Morgan fingerprint density at radius 3 is 2.71 bits per heavy atom. The van der Waals surface area contributed by atoms with E-state index in [0.717, 1.165) is 38.3 Å². The van der Waals surface area contributed by atoms with E-state index in [1.165, 1.54) is 18.4 Å². The average Bonchev–Trinajstić information content (AvgIpc) is 3.24. The van der Waals surface area contributed by atoms with Gasteiger partial charge in [-0.3, -0.25) is 4.79 Å². The van der Waals surface area contributed by atoms with Gasteiger partial charge in [-0.05, 0) is 62.6 Å². The molecule has 3 heteroatoms. The van der Waals surface area contributed by atoms with E-state index in [4.69, 9.17) is 0 Å². The van der Waals surface area contributed by atoms with Gasteiger partial charge in [-0.1, -0.05) is 30.3 Å². The lowest BCUT2D eigenvalue weighted by molar-refractivity contribution is -0.121. The molecule has 1 aliphatic carbocycles. The number of carbonyl (C=O) groups is 1. The van der Waals surface area contributed by atoms with E-state index in [2.05, 4.69) is 41.0 Å². The minimum absolute atomic E-state index is 0.258. The Balaban J connectivity index is 1.33. The molecule has 2 N–H and O–H groups in total. The zero-order valence-corrected chi connectivity index (χ0v) is 12.7. The van der Waals surface area contributed by atoms with Crippen LogP contribution in [-0.4, -0.2) is 25.0 Å². The molecule has 21 heavy (non-hydrogen) atoms. The Labute approximate surface area is 127 Å². The molecule has 1 aromatic rings. The molecule has 2 fully saturated rings. The monoisotopic (exact) mass is 286 g/mol. The molecule has 1 saturated heterocycles. The maximum Gasteiger partial charge on any atom is 0.220 e. The minimum Gasteiger partial charge on any atom is -0.353 e. The summed E-state index contributed by atoms with van der Waals surface area (Å²) in [6, 6.07) is 11.0. The zero-order valence-electron chi connectivity index (χ0n) is 12.7. The SMILES string of the molecule is O=C(CCC1CCNCC1)NC1CC1Cc1ccccc1. The van der Waals surface area contributed by atoms with Crippen molar-refractivity contribution in [3.8, 4) is 0 Å². The number of benzene rings is 1. The highest BCUT2D eigenvalue weighted by molar-refractivity contribution is 5.76. The fourth-order valence-electron chi connectivity index (χ4n) is 3.35. The summed E-state index contributed by atoms with van der Waals surface area (Å²) < 4.78 is 0. The van der Waals surface area contributed by atoms with Crippen LogP contribution in [0.4, 0.5) is 0 Å². The third kappa shape index (κ3) is 4.57. The van der Waals surface area contributed by atoms with Crippen molar-refractivity contribution in [3.63, 3.8) is 0 Å². The quantitative estimate of drug-likeness (QED) is 0.843. The average molecular weight is 286 g/mol. The van der Waals surface area contributed by atoms with Crippen molar-refractivity contribution in [2.75, 3.05) is 13.1 Å². The molecule has 0 radical (unpaired) electrons. The predicted octanol–water partition coefficient (Wildman–Crippen LogP) is 2.51. The fourth-order valence-corrected chi connectivity index (χ4v) is 3.35. The normalized spacial score (nSPS) is 25.5. The predicted molar refractivity (Wildman–Crippen MR) is 85.0 cm³/mol. The van der Waals surface area contributed by atoms with Gasteiger partial charge in [0, 0.05) is 12.5 Å². The van der Waals surface area contributed by atoms with Crippen molar-refractivity contribution >= 4 is 5.91 Å². The molecule has 3 rings (SSSR count). The van der Waals surface area contributed by atoms with Crippen molar-refractivity contribution in [2.24, 2.45) is 11.8 Å². The topological polar surface area (TPSA) is 41.1 Å².